The summed E-state index contributed by atoms with van der Waals surface area (Å²) in [4.78, 5) is 22.5. The molecule has 0 aliphatic heterocycles. The van der Waals surface area contributed by atoms with Crippen LogP contribution in [0, 0.1) is 0 Å². The van der Waals surface area contributed by atoms with Crippen LogP contribution in [0.4, 0.5) is 0 Å². The number of rotatable bonds is 41. The predicted octanol–water partition coefficient (Wildman–Crippen LogP) is 11.6. The summed E-state index contributed by atoms with van der Waals surface area (Å²) in [5.41, 5.74) is 0. The lowest BCUT2D eigenvalue weighted by Gasteiger charge is -2.20. The second-order valence-corrected chi connectivity index (χ2v) is 15.8. The second kappa shape index (κ2) is 40.3. The van der Waals surface area contributed by atoms with Crippen molar-refractivity contribution in [3.8, 4) is 0 Å². The Morgan fingerprint density at radius 3 is 1.53 bits per heavy atom. The number of esters is 1. The topological polar surface area (TPSA) is 132 Å². The first kappa shape index (κ1) is 51.7. The Kier molecular flexibility index (Phi) is 39.3. The molecule has 3 atom stereocenters. The van der Waals surface area contributed by atoms with Gasteiger partial charge in [-0.15, -0.1) is 0 Å². The molecule has 3 unspecified atom stereocenters. The Hall–Kier alpha value is -1.32. The highest BCUT2D eigenvalue weighted by Gasteiger charge is 2.26. The zero-order valence-corrected chi connectivity index (χ0v) is 34.9. The number of carbonyl (C=O) groups is 1. The van der Waals surface area contributed by atoms with Crippen LogP contribution >= 0.6 is 7.82 Å². The Morgan fingerprint density at radius 1 is 0.585 bits per heavy atom. The molecule has 0 spiro atoms. The van der Waals surface area contributed by atoms with Gasteiger partial charge in [0.15, 0.2) is 0 Å². The number of allylic oxidation sites excluding steroid dienone is 6. The predicted molar refractivity (Wildman–Crippen MR) is 219 cm³/mol. The van der Waals surface area contributed by atoms with Gasteiger partial charge in [-0.3, -0.25) is 13.8 Å². The van der Waals surface area contributed by atoms with Gasteiger partial charge in [0.2, 0.25) is 0 Å². The molecular formula is C43H81O9P. The van der Waals surface area contributed by atoms with E-state index in [0.29, 0.717) is 6.61 Å². The summed E-state index contributed by atoms with van der Waals surface area (Å²) in [6.07, 6.45) is 42.4. The van der Waals surface area contributed by atoms with Gasteiger partial charge < -0.3 is 24.6 Å². The molecule has 0 bridgehead atoms. The number of carbonyl (C=O) groups excluding carboxylic acids is 1. The fourth-order valence-corrected chi connectivity index (χ4v) is 6.52. The van der Waals surface area contributed by atoms with E-state index in [4.69, 9.17) is 23.6 Å². The van der Waals surface area contributed by atoms with E-state index in [1.165, 1.54) is 96.3 Å². The summed E-state index contributed by atoms with van der Waals surface area (Å²) in [5.74, 6) is -0.394. The number of phosphoric ester groups is 1. The third kappa shape index (κ3) is 40.2. The molecule has 0 fully saturated rings. The van der Waals surface area contributed by atoms with Gasteiger partial charge >= 0.3 is 13.8 Å². The minimum absolute atomic E-state index is 0.0426. The van der Waals surface area contributed by atoms with E-state index in [1.54, 1.807) is 0 Å². The van der Waals surface area contributed by atoms with Gasteiger partial charge in [0, 0.05) is 13.0 Å². The molecule has 0 radical (unpaired) electrons. The monoisotopic (exact) mass is 773 g/mol. The highest BCUT2D eigenvalue weighted by Crippen LogP contribution is 2.43. The lowest BCUT2D eigenvalue weighted by atomic mass is 10.1. The van der Waals surface area contributed by atoms with E-state index < -0.39 is 39.2 Å². The maximum absolute atomic E-state index is 12.6. The van der Waals surface area contributed by atoms with Crippen LogP contribution in [0.15, 0.2) is 36.5 Å². The van der Waals surface area contributed by atoms with Gasteiger partial charge in [-0.2, -0.15) is 0 Å². The lowest BCUT2D eigenvalue weighted by Crippen LogP contribution is -2.29. The molecule has 10 heteroatoms. The van der Waals surface area contributed by atoms with Gasteiger partial charge in [-0.05, 0) is 70.6 Å². The van der Waals surface area contributed by atoms with E-state index in [-0.39, 0.29) is 19.6 Å². The van der Waals surface area contributed by atoms with Crippen LogP contribution < -0.4 is 0 Å². The molecule has 0 amide bonds. The maximum atomic E-state index is 12.6. The number of ether oxygens (including phenoxy) is 2. The molecule has 0 aliphatic carbocycles. The average molecular weight is 773 g/mol. The maximum Gasteiger partial charge on any atom is 0.472 e. The van der Waals surface area contributed by atoms with Crippen LogP contribution in [-0.4, -0.2) is 66.3 Å². The zero-order valence-electron chi connectivity index (χ0n) is 34.0. The molecule has 0 rings (SSSR count). The van der Waals surface area contributed by atoms with Crippen LogP contribution in [0.5, 0.6) is 0 Å². The highest BCUT2D eigenvalue weighted by atomic mass is 31.2. The van der Waals surface area contributed by atoms with Crippen LogP contribution in [0.2, 0.25) is 0 Å². The third-order valence-electron chi connectivity index (χ3n) is 9.05. The van der Waals surface area contributed by atoms with E-state index in [0.717, 1.165) is 70.6 Å². The van der Waals surface area contributed by atoms with Gasteiger partial charge in [-0.25, -0.2) is 4.57 Å². The molecule has 0 aliphatic rings. The normalized spacial score (nSPS) is 14.4. The van der Waals surface area contributed by atoms with E-state index in [2.05, 4.69) is 50.3 Å². The van der Waals surface area contributed by atoms with Crippen molar-refractivity contribution < 1.29 is 43.0 Å². The molecule has 0 saturated heterocycles. The van der Waals surface area contributed by atoms with Crippen molar-refractivity contribution in [2.45, 2.75) is 199 Å². The Morgan fingerprint density at radius 2 is 1.02 bits per heavy atom. The molecule has 0 saturated carbocycles. The standard InChI is InChI=1S/C43H81O9P/c1-3-5-7-9-11-13-15-17-18-19-20-21-22-24-26-28-30-32-34-36-49-39-42(40-51-53(47,48)50-38-41(45)37-44)52-43(46)35-33-31-29-27-25-23-16-14-12-10-8-6-4-2/h13-16,18-19,41-42,44-45H,3-12,17,20-40H2,1-2H3,(H,47,48)/b15-13-,16-14-,19-18-. The summed E-state index contributed by atoms with van der Waals surface area (Å²) in [7, 11) is -4.52. The summed E-state index contributed by atoms with van der Waals surface area (Å²) in [6, 6.07) is 0. The van der Waals surface area contributed by atoms with Crippen molar-refractivity contribution in [2.75, 3.05) is 33.0 Å². The number of aliphatic hydroxyl groups excluding tert-OH is 2. The van der Waals surface area contributed by atoms with Crippen LogP contribution in [0.1, 0.15) is 187 Å². The van der Waals surface area contributed by atoms with Crippen molar-refractivity contribution >= 4 is 13.8 Å². The zero-order chi connectivity index (χ0) is 38.9. The van der Waals surface area contributed by atoms with Gasteiger partial charge in [0.25, 0.3) is 0 Å². The first-order chi connectivity index (χ1) is 25.8. The average Bonchev–Trinajstić information content (AvgIpc) is 3.15. The molecular weight excluding hydrogens is 691 g/mol. The minimum atomic E-state index is -4.52. The largest absolute Gasteiger partial charge is 0.472 e. The fourth-order valence-electron chi connectivity index (χ4n) is 5.73. The molecule has 312 valence electrons. The number of aliphatic hydroxyl groups is 2. The van der Waals surface area contributed by atoms with Crippen molar-refractivity contribution in [3.05, 3.63) is 36.5 Å². The quantitative estimate of drug-likeness (QED) is 0.0240. The van der Waals surface area contributed by atoms with Crippen molar-refractivity contribution in [3.63, 3.8) is 0 Å². The SMILES string of the molecule is CCCCCC/C=C\C/C=C\CCCCCCCCCCOCC(COP(=O)(O)OCC(O)CO)OC(=O)CCCCCCC/C=C\CCCCCC. The van der Waals surface area contributed by atoms with Crippen LogP contribution in [-0.2, 0) is 27.9 Å². The first-order valence-corrected chi connectivity index (χ1v) is 23.0. The molecule has 0 aromatic rings. The molecule has 53 heavy (non-hydrogen) atoms. The molecule has 0 aromatic carbocycles. The van der Waals surface area contributed by atoms with Crippen molar-refractivity contribution in [1.29, 1.82) is 0 Å². The third-order valence-corrected chi connectivity index (χ3v) is 10.00. The molecule has 9 nitrogen and oxygen atoms in total. The van der Waals surface area contributed by atoms with E-state index in [1.807, 2.05) is 0 Å². The van der Waals surface area contributed by atoms with Gasteiger partial charge in [-0.1, -0.05) is 147 Å². The first-order valence-electron chi connectivity index (χ1n) is 21.5. The molecule has 0 heterocycles. The number of unbranched alkanes of at least 4 members (excludes halogenated alkanes) is 21. The highest BCUT2D eigenvalue weighted by molar-refractivity contribution is 7.47. The second-order valence-electron chi connectivity index (χ2n) is 14.4. The van der Waals surface area contributed by atoms with Gasteiger partial charge in [0.05, 0.1) is 26.4 Å². The summed E-state index contributed by atoms with van der Waals surface area (Å²) in [6.45, 7) is 3.47. The Bertz CT molecular complexity index is 923. The van der Waals surface area contributed by atoms with Crippen LogP contribution in [0.25, 0.3) is 0 Å². The van der Waals surface area contributed by atoms with Crippen LogP contribution in [0.3, 0.4) is 0 Å². The summed E-state index contributed by atoms with van der Waals surface area (Å²) in [5, 5.41) is 18.3. The Balaban J connectivity index is 4.17. The summed E-state index contributed by atoms with van der Waals surface area (Å²) >= 11 is 0. The molecule has 0 aromatic heterocycles. The number of hydrogen-bond donors (Lipinski definition) is 3. The van der Waals surface area contributed by atoms with Gasteiger partial charge in [0.1, 0.15) is 12.2 Å². The number of hydrogen-bond acceptors (Lipinski definition) is 8. The fraction of sp³-hybridized carbons (Fsp3) is 0.837. The Labute approximate surface area is 325 Å². The minimum Gasteiger partial charge on any atom is -0.457 e. The smallest absolute Gasteiger partial charge is 0.457 e. The van der Waals surface area contributed by atoms with Crippen molar-refractivity contribution in [2.24, 2.45) is 0 Å². The van der Waals surface area contributed by atoms with Crippen molar-refractivity contribution in [1.82, 2.24) is 0 Å². The van der Waals surface area contributed by atoms with E-state index in [9.17, 15) is 19.4 Å². The number of phosphoric acid groups is 1. The van der Waals surface area contributed by atoms with E-state index >= 15 is 0 Å². The summed E-state index contributed by atoms with van der Waals surface area (Å²) < 4.78 is 33.3. The molecule has 3 N–H and O–H groups in total. The lowest BCUT2D eigenvalue weighted by molar-refractivity contribution is -0.154.